The lowest BCUT2D eigenvalue weighted by molar-refractivity contribution is -0.141. The van der Waals surface area contributed by atoms with Crippen LogP contribution in [0.1, 0.15) is 19.8 Å². The minimum atomic E-state index is -1.39. The Balaban J connectivity index is 2.65. The molecule has 9 heteroatoms. The largest absolute Gasteiger partial charge is 0.480 e. The third kappa shape index (κ3) is 3.59. The van der Waals surface area contributed by atoms with Gasteiger partial charge in [0, 0.05) is 13.1 Å². The van der Waals surface area contributed by atoms with Crippen molar-refractivity contribution in [2.75, 3.05) is 13.1 Å². The molecule has 1 rings (SSSR count). The van der Waals surface area contributed by atoms with Gasteiger partial charge in [-0.1, -0.05) is 0 Å². The molecule has 1 heterocycles. The Kier molecular flexibility index (Phi) is 4.53. The first-order chi connectivity index (χ1) is 9.15. The van der Waals surface area contributed by atoms with Crippen LogP contribution in [-0.2, 0) is 14.4 Å². The van der Waals surface area contributed by atoms with Gasteiger partial charge in [-0.25, -0.2) is 9.59 Å². The van der Waals surface area contributed by atoms with Gasteiger partial charge in [0.15, 0.2) is 0 Å². The molecular weight excluding hydrogens is 268 g/mol. The fraction of sp³-hybridized carbons (Fsp3) is 0.636. The number of carbonyl (C=O) groups is 4. The number of carbonyl (C=O) groups excluding carboxylic acids is 3. The molecule has 1 unspecified atom stereocenters. The number of aliphatic carboxylic acids is 1. The number of likely N-dealkylation sites (tertiary alicyclic amines) is 1. The minimum Gasteiger partial charge on any atom is -0.480 e. The summed E-state index contributed by atoms with van der Waals surface area (Å²) in [7, 11) is 0. The lowest BCUT2D eigenvalue weighted by Gasteiger charge is -2.23. The first-order valence-corrected chi connectivity index (χ1v) is 6.02. The third-order valence-corrected chi connectivity index (χ3v) is 3.36. The van der Waals surface area contributed by atoms with Crippen LogP contribution in [0.2, 0.25) is 0 Å². The maximum Gasteiger partial charge on any atom is 0.326 e. The molecule has 0 aromatic rings. The van der Waals surface area contributed by atoms with E-state index in [-0.39, 0.29) is 13.1 Å². The second-order valence-corrected chi connectivity index (χ2v) is 5.11. The van der Waals surface area contributed by atoms with E-state index in [0.717, 1.165) is 0 Å². The van der Waals surface area contributed by atoms with Crippen LogP contribution in [0, 0.1) is 5.41 Å². The van der Waals surface area contributed by atoms with E-state index in [2.05, 4.69) is 5.32 Å². The van der Waals surface area contributed by atoms with Crippen molar-refractivity contribution in [2.45, 2.75) is 25.8 Å². The highest BCUT2D eigenvalue weighted by Gasteiger charge is 2.41. The van der Waals surface area contributed by atoms with Gasteiger partial charge in [-0.05, 0) is 13.3 Å². The van der Waals surface area contributed by atoms with Crippen LogP contribution in [0.4, 0.5) is 4.79 Å². The summed E-state index contributed by atoms with van der Waals surface area (Å²) < 4.78 is 0. The zero-order valence-electron chi connectivity index (χ0n) is 11.1. The number of nitrogens with two attached hydrogens (primary N) is 2. The number of rotatable bonds is 5. The van der Waals surface area contributed by atoms with Gasteiger partial charge in [0.25, 0.3) is 0 Å². The minimum absolute atomic E-state index is 0.108. The molecule has 0 saturated carbocycles. The predicted molar refractivity (Wildman–Crippen MR) is 67.3 cm³/mol. The average Bonchev–Trinajstić information content (AvgIpc) is 2.71. The fourth-order valence-corrected chi connectivity index (χ4v) is 1.98. The number of carboxylic acids is 1. The Hall–Kier alpha value is -2.32. The summed E-state index contributed by atoms with van der Waals surface area (Å²) in [6, 6.07) is -2.05. The van der Waals surface area contributed by atoms with E-state index < -0.39 is 41.7 Å². The molecule has 0 radical (unpaired) electrons. The summed E-state index contributed by atoms with van der Waals surface area (Å²) in [5.41, 5.74) is 9.35. The Morgan fingerprint density at radius 3 is 2.35 bits per heavy atom. The molecule has 6 N–H and O–H groups in total. The Bertz CT molecular complexity index is 452. The van der Waals surface area contributed by atoms with Crippen molar-refractivity contribution in [2.24, 2.45) is 16.9 Å². The van der Waals surface area contributed by atoms with E-state index >= 15 is 0 Å². The first kappa shape index (κ1) is 15.7. The molecule has 20 heavy (non-hydrogen) atoms. The van der Waals surface area contributed by atoms with Crippen molar-refractivity contribution in [3.05, 3.63) is 0 Å². The molecule has 0 bridgehead atoms. The Labute approximate surface area is 115 Å². The van der Waals surface area contributed by atoms with Crippen molar-refractivity contribution >= 4 is 23.8 Å². The van der Waals surface area contributed by atoms with E-state index in [1.165, 1.54) is 4.90 Å². The average molecular weight is 286 g/mol. The summed E-state index contributed by atoms with van der Waals surface area (Å²) in [4.78, 5) is 46.1. The molecule has 0 aromatic heterocycles. The number of hydrogen-bond donors (Lipinski definition) is 4. The van der Waals surface area contributed by atoms with Crippen molar-refractivity contribution < 1.29 is 24.3 Å². The van der Waals surface area contributed by atoms with Gasteiger partial charge in [-0.2, -0.15) is 0 Å². The van der Waals surface area contributed by atoms with Gasteiger partial charge >= 0.3 is 12.0 Å². The van der Waals surface area contributed by atoms with E-state index in [0.29, 0.717) is 6.42 Å². The first-order valence-electron chi connectivity index (χ1n) is 6.02. The number of nitrogens with one attached hydrogen (secondary N) is 1. The highest BCUT2D eigenvalue weighted by molar-refractivity contribution is 5.88. The second kappa shape index (κ2) is 5.76. The topological polar surface area (TPSA) is 156 Å². The zero-order chi connectivity index (χ0) is 15.5. The molecule has 2 atom stereocenters. The summed E-state index contributed by atoms with van der Waals surface area (Å²) in [5, 5.41) is 11.1. The number of carboxylic acid groups (broad SMARTS) is 1. The van der Waals surface area contributed by atoms with Crippen LogP contribution in [0.15, 0.2) is 0 Å². The number of urea groups is 1. The molecular formula is C11H18N4O5. The van der Waals surface area contributed by atoms with Gasteiger partial charge in [-0.3, -0.25) is 9.59 Å². The summed E-state index contributed by atoms with van der Waals surface area (Å²) in [5.74, 6) is -2.70. The molecule has 1 aliphatic rings. The highest BCUT2D eigenvalue weighted by atomic mass is 16.4. The van der Waals surface area contributed by atoms with Crippen molar-refractivity contribution in [1.29, 1.82) is 0 Å². The van der Waals surface area contributed by atoms with E-state index in [9.17, 15) is 19.2 Å². The smallest absolute Gasteiger partial charge is 0.326 e. The van der Waals surface area contributed by atoms with Crippen LogP contribution < -0.4 is 16.8 Å². The molecule has 1 fully saturated rings. The van der Waals surface area contributed by atoms with Gasteiger partial charge in [0.2, 0.25) is 11.8 Å². The van der Waals surface area contributed by atoms with E-state index in [4.69, 9.17) is 16.6 Å². The molecule has 9 nitrogen and oxygen atoms in total. The molecule has 1 saturated heterocycles. The second-order valence-electron chi connectivity index (χ2n) is 5.11. The van der Waals surface area contributed by atoms with Gasteiger partial charge < -0.3 is 26.8 Å². The fourth-order valence-electron chi connectivity index (χ4n) is 1.98. The molecule has 112 valence electrons. The van der Waals surface area contributed by atoms with Crippen LogP contribution in [0.5, 0.6) is 0 Å². The van der Waals surface area contributed by atoms with Crippen molar-refractivity contribution in [3.63, 3.8) is 0 Å². The van der Waals surface area contributed by atoms with E-state index in [1.54, 1.807) is 6.92 Å². The lowest BCUT2D eigenvalue weighted by Crippen LogP contribution is -2.49. The molecule has 0 aliphatic carbocycles. The van der Waals surface area contributed by atoms with E-state index in [1.807, 2.05) is 0 Å². The quantitative estimate of drug-likeness (QED) is 0.470. The molecule has 1 aliphatic heterocycles. The monoisotopic (exact) mass is 286 g/mol. The van der Waals surface area contributed by atoms with Crippen LogP contribution >= 0.6 is 0 Å². The molecule has 0 spiro atoms. The highest BCUT2D eigenvalue weighted by Crippen LogP contribution is 2.29. The van der Waals surface area contributed by atoms with Crippen LogP contribution in [0.3, 0.4) is 0 Å². The third-order valence-electron chi connectivity index (χ3n) is 3.36. The SMILES string of the molecule is CC1(C(N)=O)CCN(C(=O)N[C@@H](CC(N)=O)C(=O)O)C1. The molecule has 0 aromatic carbocycles. The van der Waals surface area contributed by atoms with Gasteiger partial charge in [0.1, 0.15) is 6.04 Å². The van der Waals surface area contributed by atoms with Gasteiger partial charge in [0.05, 0.1) is 11.8 Å². The van der Waals surface area contributed by atoms with Crippen molar-refractivity contribution in [3.8, 4) is 0 Å². The predicted octanol–water partition coefficient (Wildman–Crippen LogP) is -1.78. The summed E-state index contributed by atoms with van der Waals surface area (Å²) in [6.45, 7) is 2.03. The maximum atomic E-state index is 11.9. The standard InChI is InChI=1S/C11H18N4O5/c1-11(9(13)19)2-3-15(5-11)10(20)14-6(8(17)18)4-7(12)16/h6H,2-5H2,1H3,(H2,12,16)(H2,13,19)(H,14,20)(H,17,18)/t6-,11?/m0/s1. The normalized spacial score (nSPS) is 23.1. The molecule has 4 amide bonds. The number of primary amides is 2. The summed E-state index contributed by atoms with van der Waals surface area (Å²) >= 11 is 0. The Morgan fingerprint density at radius 2 is 1.95 bits per heavy atom. The summed E-state index contributed by atoms with van der Waals surface area (Å²) in [6.07, 6.45) is -0.0920. The lowest BCUT2D eigenvalue weighted by atomic mass is 9.89. The van der Waals surface area contributed by atoms with Crippen LogP contribution in [0.25, 0.3) is 0 Å². The van der Waals surface area contributed by atoms with Gasteiger partial charge in [-0.15, -0.1) is 0 Å². The van der Waals surface area contributed by atoms with Crippen molar-refractivity contribution in [1.82, 2.24) is 10.2 Å². The number of amides is 4. The number of nitrogens with zero attached hydrogens (tertiary/aromatic N) is 1. The number of hydrogen-bond acceptors (Lipinski definition) is 4. The maximum absolute atomic E-state index is 11.9. The van der Waals surface area contributed by atoms with Crippen LogP contribution in [-0.4, -0.2) is 53.0 Å². The Morgan fingerprint density at radius 1 is 1.35 bits per heavy atom. The zero-order valence-corrected chi connectivity index (χ0v) is 11.1.